The van der Waals surface area contributed by atoms with Gasteiger partial charge in [-0.3, -0.25) is 4.79 Å². The number of rotatable bonds is 5. The van der Waals surface area contributed by atoms with Gasteiger partial charge >= 0.3 is 0 Å². The fourth-order valence-corrected chi connectivity index (χ4v) is 2.74. The van der Waals surface area contributed by atoms with Gasteiger partial charge in [0.15, 0.2) is 11.5 Å². The molecule has 0 aliphatic heterocycles. The highest BCUT2D eigenvalue weighted by Gasteiger charge is 2.21. The zero-order valence-electron chi connectivity index (χ0n) is 14.4. The molecule has 3 aromatic rings. The third kappa shape index (κ3) is 2.97. The maximum Gasteiger partial charge on any atom is 0.205 e. The summed E-state index contributed by atoms with van der Waals surface area (Å²) in [6.07, 6.45) is 0. The predicted octanol–water partition coefficient (Wildman–Crippen LogP) is 3.89. The molecule has 1 aromatic heterocycles. The molecule has 6 nitrogen and oxygen atoms in total. The summed E-state index contributed by atoms with van der Waals surface area (Å²) in [6, 6.07) is 9.19. The van der Waals surface area contributed by atoms with E-state index < -0.39 is 5.43 Å². The highest BCUT2D eigenvalue weighted by atomic mass is 16.5. The molecule has 0 spiro atoms. The molecular weight excluding hydrogens is 336 g/mol. The Hall–Kier alpha value is -3.41. The minimum Gasteiger partial charge on any atom is -0.508 e. The van der Waals surface area contributed by atoms with Gasteiger partial charge in [-0.2, -0.15) is 0 Å². The monoisotopic (exact) mass is 354 g/mol. The lowest BCUT2D eigenvalue weighted by molar-refractivity contribution is 0.289. The van der Waals surface area contributed by atoms with Crippen LogP contribution < -0.4 is 10.2 Å². The molecule has 0 saturated carbocycles. The van der Waals surface area contributed by atoms with E-state index in [2.05, 4.69) is 6.58 Å². The van der Waals surface area contributed by atoms with Crippen molar-refractivity contribution in [3.05, 3.63) is 59.0 Å². The van der Waals surface area contributed by atoms with Crippen LogP contribution in [-0.2, 0) is 4.74 Å². The second-order valence-electron chi connectivity index (χ2n) is 5.56. The number of methoxy groups -OCH3 is 1. The zero-order valence-corrected chi connectivity index (χ0v) is 14.4. The van der Waals surface area contributed by atoms with Gasteiger partial charge in [-0.25, -0.2) is 0 Å². The lowest BCUT2D eigenvalue weighted by Crippen LogP contribution is -2.10. The summed E-state index contributed by atoms with van der Waals surface area (Å²) < 4.78 is 16.4. The Balaban J connectivity index is 2.37. The molecule has 1 heterocycles. The topological polar surface area (TPSA) is 89.1 Å². The third-order valence-electron chi connectivity index (χ3n) is 3.91. The number of hydrogen-bond donors (Lipinski definition) is 2. The lowest BCUT2D eigenvalue weighted by Gasteiger charge is -2.13. The van der Waals surface area contributed by atoms with E-state index in [9.17, 15) is 15.0 Å². The second kappa shape index (κ2) is 6.84. The molecular formula is C20H18O6. The van der Waals surface area contributed by atoms with E-state index in [0.717, 1.165) is 6.07 Å². The van der Waals surface area contributed by atoms with Crippen LogP contribution in [0.2, 0.25) is 0 Å². The number of fused-ring (bicyclic) bond motifs is 1. The quantitative estimate of drug-likeness (QED) is 0.676. The summed E-state index contributed by atoms with van der Waals surface area (Å²) in [5.74, 6) is 0.372. The average molecular weight is 354 g/mol. The van der Waals surface area contributed by atoms with Crippen molar-refractivity contribution in [1.29, 1.82) is 0 Å². The van der Waals surface area contributed by atoms with Gasteiger partial charge < -0.3 is 24.1 Å². The summed E-state index contributed by atoms with van der Waals surface area (Å²) in [6.45, 7) is 5.95. The smallest absolute Gasteiger partial charge is 0.205 e. The van der Waals surface area contributed by atoms with Crippen molar-refractivity contribution in [3.63, 3.8) is 0 Å². The molecule has 0 fully saturated rings. The van der Waals surface area contributed by atoms with Gasteiger partial charge in [0.1, 0.15) is 28.2 Å². The van der Waals surface area contributed by atoms with Gasteiger partial charge in [-0.15, -0.1) is 0 Å². The Bertz CT molecular complexity index is 1030. The fraction of sp³-hybridized carbons (Fsp3) is 0.150. The Morgan fingerprint density at radius 3 is 2.50 bits per heavy atom. The predicted molar refractivity (Wildman–Crippen MR) is 98.5 cm³/mol. The van der Waals surface area contributed by atoms with Crippen LogP contribution in [0.25, 0.3) is 27.9 Å². The van der Waals surface area contributed by atoms with Crippen molar-refractivity contribution >= 4 is 16.7 Å². The molecule has 0 saturated heterocycles. The molecule has 2 aromatic carbocycles. The first-order valence-electron chi connectivity index (χ1n) is 7.95. The Morgan fingerprint density at radius 2 is 1.88 bits per heavy atom. The van der Waals surface area contributed by atoms with Gasteiger partial charge in [0.05, 0.1) is 19.3 Å². The van der Waals surface area contributed by atoms with E-state index in [-0.39, 0.29) is 39.6 Å². The SMILES string of the molecule is C=C(OCC)c1oc2cc(O)cc(O)c2c(=O)c1-c1ccc(OC)cc1. The molecule has 0 unspecified atom stereocenters. The first-order chi connectivity index (χ1) is 12.5. The molecule has 3 rings (SSSR count). The van der Waals surface area contributed by atoms with E-state index in [1.54, 1.807) is 38.3 Å². The van der Waals surface area contributed by atoms with Crippen molar-refractivity contribution in [2.75, 3.05) is 13.7 Å². The Morgan fingerprint density at radius 1 is 1.19 bits per heavy atom. The van der Waals surface area contributed by atoms with E-state index in [4.69, 9.17) is 13.9 Å². The molecule has 0 bridgehead atoms. The number of phenolic OH excluding ortho intramolecular Hbond substituents is 2. The first kappa shape index (κ1) is 17.4. The highest BCUT2D eigenvalue weighted by Crippen LogP contribution is 2.34. The van der Waals surface area contributed by atoms with E-state index >= 15 is 0 Å². The fourth-order valence-electron chi connectivity index (χ4n) is 2.74. The van der Waals surface area contributed by atoms with Crippen LogP contribution in [0, 0.1) is 0 Å². The van der Waals surface area contributed by atoms with Gasteiger partial charge in [0.25, 0.3) is 0 Å². The maximum atomic E-state index is 13.1. The van der Waals surface area contributed by atoms with E-state index in [0.29, 0.717) is 17.9 Å². The summed E-state index contributed by atoms with van der Waals surface area (Å²) in [4.78, 5) is 13.1. The van der Waals surface area contributed by atoms with Crippen molar-refractivity contribution in [2.24, 2.45) is 0 Å². The first-order valence-corrected chi connectivity index (χ1v) is 7.95. The molecule has 0 amide bonds. The van der Waals surface area contributed by atoms with Crippen molar-refractivity contribution in [2.45, 2.75) is 6.92 Å². The molecule has 0 atom stereocenters. The molecule has 0 aliphatic rings. The molecule has 6 heteroatoms. The number of ether oxygens (including phenoxy) is 2. The number of aromatic hydroxyl groups is 2. The summed E-state index contributed by atoms with van der Waals surface area (Å²) in [5.41, 5.74) is 0.356. The average Bonchev–Trinajstić information content (AvgIpc) is 2.61. The van der Waals surface area contributed by atoms with Crippen molar-refractivity contribution in [1.82, 2.24) is 0 Å². The van der Waals surface area contributed by atoms with Crippen LogP contribution in [0.1, 0.15) is 12.7 Å². The van der Waals surface area contributed by atoms with E-state index in [1.165, 1.54) is 6.07 Å². The Labute approximate surface area is 149 Å². The van der Waals surface area contributed by atoms with Gasteiger partial charge in [-0.1, -0.05) is 18.7 Å². The van der Waals surface area contributed by atoms with Crippen LogP contribution in [0.15, 0.2) is 52.2 Å². The van der Waals surface area contributed by atoms with Crippen LogP contribution in [0.4, 0.5) is 0 Å². The van der Waals surface area contributed by atoms with Crippen molar-refractivity contribution in [3.8, 4) is 28.4 Å². The number of hydrogen-bond acceptors (Lipinski definition) is 6. The summed E-state index contributed by atoms with van der Waals surface area (Å²) in [5, 5.41) is 19.8. The summed E-state index contributed by atoms with van der Waals surface area (Å²) >= 11 is 0. The molecule has 0 aliphatic carbocycles. The third-order valence-corrected chi connectivity index (χ3v) is 3.91. The number of benzene rings is 2. The Kier molecular flexibility index (Phi) is 4.58. The molecule has 26 heavy (non-hydrogen) atoms. The van der Waals surface area contributed by atoms with E-state index in [1.807, 2.05) is 0 Å². The van der Waals surface area contributed by atoms with Crippen molar-refractivity contribution < 1.29 is 24.1 Å². The second-order valence-corrected chi connectivity index (χ2v) is 5.56. The highest BCUT2D eigenvalue weighted by molar-refractivity contribution is 5.91. The van der Waals surface area contributed by atoms with Crippen LogP contribution >= 0.6 is 0 Å². The standard InChI is InChI=1S/C20H18O6/c1-4-25-11(2)20-17(12-5-7-14(24-3)8-6-12)19(23)18-15(22)9-13(21)10-16(18)26-20/h5-10,21-22H,2,4H2,1,3H3. The number of phenols is 2. The zero-order chi connectivity index (χ0) is 18.8. The van der Waals surface area contributed by atoms with Gasteiger partial charge in [-0.05, 0) is 24.6 Å². The molecule has 2 N–H and O–H groups in total. The van der Waals surface area contributed by atoms with Crippen LogP contribution in [0.5, 0.6) is 17.2 Å². The van der Waals surface area contributed by atoms with Gasteiger partial charge in [0, 0.05) is 12.1 Å². The normalized spacial score (nSPS) is 10.7. The lowest BCUT2D eigenvalue weighted by atomic mass is 10.0. The molecule has 0 radical (unpaired) electrons. The largest absolute Gasteiger partial charge is 0.508 e. The molecule has 134 valence electrons. The minimum absolute atomic E-state index is 0.0262. The van der Waals surface area contributed by atoms with Crippen LogP contribution in [0.3, 0.4) is 0 Å². The van der Waals surface area contributed by atoms with Crippen LogP contribution in [-0.4, -0.2) is 23.9 Å². The van der Waals surface area contributed by atoms with Gasteiger partial charge in [0.2, 0.25) is 5.43 Å². The minimum atomic E-state index is -0.454. The maximum absolute atomic E-state index is 13.1. The summed E-state index contributed by atoms with van der Waals surface area (Å²) in [7, 11) is 1.55.